The van der Waals surface area contributed by atoms with E-state index in [1.165, 1.54) is 0 Å². The van der Waals surface area contributed by atoms with Crippen LogP contribution in [0.1, 0.15) is 37.8 Å². The van der Waals surface area contributed by atoms with Crippen LogP contribution in [0.4, 0.5) is 0 Å². The molecule has 2 saturated heterocycles. The number of hydrogen-bond donors (Lipinski definition) is 1. The molecule has 0 radical (unpaired) electrons. The summed E-state index contributed by atoms with van der Waals surface area (Å²) in [6.45, 7) is 9.91. The fourth-order valence-corrected chi connectivity index (χ4v) is 3.51. The molecule has 0 amide bonds. The number of nitrogens with one attached hydrogen (secondary N) is 1. The number of rotatable bonds is 8. The Labute approximate surface area is 167 Å². The number of aliphatic imine (C=N–C) groups is 1. The maximum atomic E-state index is 5.99. The van der Waals surface area contributed by atoms with Crippen LogP contribution in [0, 0.1) is 6.92 Å². The number of ether oxygens (including phenoxy) is 3. The summed E-state index contributed by atoms with van der Waals surface area (Å²) in [5.41, 5.74) is 0. The summed E-state index contributed by atoms with van der Waals surface area (Å²) in [5, 5.41) is 11.8. The van der Waals surface area contributed by atoms with Crippen molar-refractivity contribution in [2.45, 2.75) is 51.9 Å². The van der Waals surface area contributed by atoms with E-state index in [0.29, 0.717) is 13.2 Å². The molecule has 3 heterocycles. The Bertz CT molecular complexity index is 629. The minimum atomic E-state index is 0.101. The van der Waals surface area contributed by atoms with E-state index in [2.05, 4.69) is 20.4 Å². The van der Waals surface area contributed by atoms with Gasteiger partial charge in [-0.1, -0.05) is 0 Å². The van der Waals surface area contributed by atoms with Crippen molar-refractivity contribution < 1.29 is 14.2 Å². The lowest BCUT2D eigenvalue weighted by atomic mass is 10.1. The Hall–Kier alpha value is -1.71. The Morgan fingerprint density at radius 2 is 2.14 bits per heavy atom. The molecule has 158 valence electrons. The zero-order chi connectivity index (χ0) is 19.8. The Kier molecular flexibility index (Phi) is 8.05. The summed E-state index contributed by atoms with van der Waals surface area (Å²) in [7, 11) is 1.97. The molecule has 0 saturated carbocycles. The third kappa shape index (κ3) is 5.65. The van der Waals surface area contributed by atoms with Crippen LogP contribution in [0.25, 0.3) is 0 Å². The van der Waals surface area contributed by atoms with Crippen molar-refractivity contribution in [3.05, 3.63) is 11.6 Å². The summed E-state index contributed by atoms with van der Waals surface area (Å²) in [5.74, 6) is 2.64. The molecule has 0 aromatic carbocycles. The van der Waals surface area contributed by atoms with Gasteiger partial charge in [-0.2, -0.15) is 0 Å². The molecule has 9 nitrogen and oxygen atoms in total. The van der Waals surface area contributed by atoms with Crippen LogP contribution in [-0.4, -0.2) is 83.9 Å². The van der Waals surface area contributed by atoms with Gasteiger partial charge in [-0.3, -0.25) is 0 Å². The van der Waals surface area contributed by atoms with E-state index in [1.807, 2.05) is 25.5 Å². The number of aryl methyl sites for hydroxylation is 1. The van der Waals surface area contributed by atoms with Gasteiger partial charge in [0.1, 0.15) is 18.5 Å². The monoisotopic (exact) mass is 394 g/mol. The zero-order valence-electron chi connectivity index (χ0n) is 17.4. The average molecular weight is 395 g/mol. The molecule has 2 unspecified atom stereocenters. The second-order valence-electron chi connectivity index (χ2n) is 7.25. The maximum absolute atomic E-state index is 5.99. The normalized spacial score (nSPS) is 23.4. The molecule has 2 atom stereocenters. The summed E-state index contributed by atoms with van der Waals surface area (Å²) in [6.07, 6.45) is 3.43. The van der Waals surface area contributed by atoms with Crippen molar-refractivity contribution in [2.75, 3.05) is 46.1 Å². The molecule has 0 spiro atoms. The third-order valence-corrected chi connectivity index (χ3v) is 5.28. The van der Waals surface area contributed by atoms with E-state index in [4.69, 9.17) is 19.2 Å². The minimum absolute atomic E-state index is 0.101. The van der Waals surface area contributed by atoms with Gasteiger partial charge in [-0.15, -0.1) is 10.2 Å². The van der Waals surface area contributed by atoms with Crippen molar-refractivity contribution in [1.29, 1.82) is 0 Å². The average Bonchev–Trinajstić information content (AvgIpc) is 3.36. The van der Waals surface area contributed by atoms with Crippen molar-refractivity contribution in [2.24, 2.45) is 12.0 Å². The number of morpholine rings is 1. The number of nitrogens with zero attached hydrogens (tertiary/aromatic N) is 5. The minimum Gasteiger partial charge on any atom is -0.382 e. The second kappa shape index (κ2) is 10.7. The molecular formula is C19H34N6O3. The quantitative estimate of drug-likeness (QED) is 0.398. The highest BCUT2D eigenvalue weighted by Gasteiger charge is 2.32. The van der Waals surface area contributed by atoms with Gasteiger partial charge in [0.15, 0.2) is 11.8 Å². The Balaban J connectivity index is 1.63. The topological polar surface area (TPSA) is 86.0 Å². The first-order valence-corrected chi connectivity index (χ1v) is 10.4. The summed E-state index contributed by atoms with van der Waals surface area (Å²) in [6, 6.07) is 0. The van der Waals surface area contributed by atoms with Gasteiger partial charge in [-0.05, 0) is 33.1 Å². The molecule has 1 aromatic heterocycles. The van der Waals surface area contributed by atoms with Crippen LogP contribution in [0.3, 0.4) is 0 Å². The van der Waals surface area contributed by atoms with Gasteiger partial charge in [0, 0.05) is 46.5 Å². The molecule has 2 fully saturated rings. The highest BCUT2D eigenvalue weighted by Crippen LogP contribution is 2.21. The molecule has 28 heavy (non-hydrogen) atoms. The Morgan fingerprint density at radius 1 is 1.29 bits per heavy atom. The predicted octanol–water partition coefficient (Wildman–Crippen LogP) is 0.876. The van der Waals surface area contributed by atoms with Crippen LogP contribution in [0.5, 0.6) is 0 Å². The van der Waals surface area contributed by atoms with Crippen LogP contribution < -0.4 is 5.32 Å². The fraction of sp³-hybridized carbons (Fsp3) is 0.842. The number of aromatic nitrogens is 3. The summed E-state index contributed by atoms with van der Waals surface area (Å²) < 4.78 is 19.3. The van der Waals surface area contributed by atoms with E-state index >= 15 is 0 Å². The van der Waals surface area contributed by atoms with Crippen LogP contribution in [-0.2, 0) is 27.8 Å². The molecule has 0 bridgehead atoms. The molecule has 1 aromatic rings. The lowest BCUT2D eigenvalue weighted by Gasteiger charge is -2.37. The van der Waals surface area contributed by atoms with E-state index in [1.54, 1.807) is 0 Å². The maximum Gasteiger partial charge on any atom is 0.194 e. The number of guanidine groups is 1. The molecular weight excluding hydrogens is 360 g/mol. The smallest absolute Gasteiger partial charge is 0.194 e. The molecule has 0 aliphatic carbocycles. The summed E-state index contributed by atoms with van der Waals surface area (Å²) in [4.78, 5) is 7.12. The lowest BCUT2D eigenvalue weighted by molar-refractivity contribution is -0.0817. The largest absolute Gasteiger partial charge is 0.382 e. The Morgan fingerprint density at radius 3 is 2.86 bits per heavy atom. The highest BCUT2D eigenvalue weighted by atomic mass is 16.5. The van der Waals surface area contributed by atoms with Gasteiger partial charge in [0.2, 0.25) is 0 Å². The number of hydrogen-bond acceptors (Lipinski definition) is 6. The van der Waals surface area contributed by atoms with E-state index in [9.17, 15) is 0 Å². The van der Waals surface area contributed by atoms with E-state index < -0.39 is 0 Å². The van der Waals surface area contributed by atoms with E-state index in [-0.39, 0.29) is 12.2 Å². The first kappa shape index (κ1) is 21.0. The SMILES string of the molecule is CCOCCCNC(=NCc1nnc(C)n1C)N1CCOC(C2CCCO2)C1. The van der Waals surface area contributed by atoms with Crippen LogP contribution in [0.15, 0.2) is 4.99 Å². The summed E-state index contributed by atoms with van der Waals surface area (Å²) >= 11 is 0. The molecule has 3 rings (SSSR count). The standard InChI is InChI=1S/C19H34N6O3/c1-4-26-10-6-8-20-19(21-13-18-23-22-15(2)24(18)3)25-9-12-28-17(14-25)16-7-5-11-27-16/h16-17H,4-14H2,1-3H3,(H,20,21). The van der Waals surface area contributed by atoms with E-state index in [0.717, 1.165) is 76.3 Å². The lowest BCUT2D eigenvalue weighted by Crippen LogP contribution is -2.53. The fourth-order valence-electron chi connectivity index (χ4n) is 3.51. The van der Waals surface area contributed by atoms with Crippen LogP contribution >= 0.6 is 0 Å². The van der Waals surface area contributed by atoms with Crippen molar-refractivity contribution >= 4 is 5.96 Å². The van der Waals surface area contributed by atoms with Crippen molar-refractivity contribution in [1.82, 2.24) is 25.0 Å². The zero-order valence-corrected chi connectivity index (χ0v) is 17.4. The molecule has 1 N–H and O–H groups in total. The van der Waals surface area contributed by atoms with Crippen LogP contribution in [0.2, 0.25) is 0 Å². The van der Waals surface area contributed by atoms with Gasteiger partial charge in [0.05, 0.1) is 12.7 Å². The van der Waals surface area contributed by atoms with Gasteiger partial charge in [-0.25, -0.2) is 4.99 Å². The molecule has 2 aliphatic rings. The predicted molar refractivity (Wildman–Crippen MR) is 106 cm³/mol. The van der Waals surface area contributed by atoms with Crippen molar-refractivity contribution in [3.63, 3.8) is 0 Å². The first-order valence-electron chi connectivity index (χ1n) is 10.4. The molecule has 2 aliphatic heterocycles. The van der Waals surface area contributed by atoms with Gasteiger partial charge >= 0.3 is 0 Å². The third-order valence-electron chi connectivity index (χ3n) is 5.28. The molecule has 9 heteroatoms. The highest BCUT2D eigenvalue weighted by molar-refractivity contribution is 5.80. The first-order chi connectivity index (χ1) is 13.7. The second-order valence-corrected chi connectivity index (χ2v) is 7.25. The van der Waals surface area contributed by atoms with Gasteiger partial charge < -0.3 is 29.0 Å². The van der Waals surface area contributed by atoms with Gasteiger partial charge in [0.25, 0.3) is 0 Å². The van der Waals surface area contributed by atoms with Crippen molar-refractivity contribution in [3.8, 4) is 0 Å².